The van der Waals surface area contributed by atoms with E-state index in [9.17, 15) is 14.0 Å². The fourth-order valence-electron chi connectivity index (χ4n) is 2.24. The Morgan fingerprint density at radius 1 is 1.24 bits per heavy atom. The monoisotopic (exact) mass is 286 g/mol. The zero-order valence-electron chi connectivity index (χ0n) is 10.8. The highest BCUT2D eigenvalue weighted by Crippen LogP contribution is 2.15. The minimum Gasteiger partial charge on any atom is -0.478 e. The lowest BCUT2D eigenvalue weighted by atomic mass is 10.2. The van der Waals surface area contributed by atoms with Gasteiger partial charge in [-0.2, -0.15) is 0 Å². The number of fused-ring (bicyclic) bond motifs is 1. The molecule has 0 bridgehead atoms. The van der Waals surface area contributed by atoms with E-state index in [2.05, 4.69) is 4.98 Å². The van der Waals surface area contributed by atoms with Crippen LogP contribution in [-0.2, 0) is 6.54 Å². The number of hydrogen-bond acceptors (Lipinski definition) is 2. The van der Waals surface area contributed by atoms with Gasteiger partial charge in [0.15, 0.2) is 0 Å². The maximum absolute atomic E-state index is 13.7. The van der Waals surface area contributed by atoms with Crippen LogP contribution < -0.4 is 5.69 Å². The summed E-state index contributed by atoms with van der Waals surface area (Å²) in [5, 5.41) is 9.02. The van der Waals surface area contributed by atoms with Crippen LogP contribution in [0.5, 0.6) is 0 Å². The van der Waals surface area contributed by atoms with Crippen LogP contribution in [0.3, 0.4) is 0 Å². The maximum Gasteiger partial charge on any atom is 0.335 e. The predicted molar refractivity (Wildman–Crippen MR) is 75.0 cm³/mol. The van der Waals surface area contributed by atoms with Crippen molar-refractivity contribution in [2.75, 3.05) is 0 Å². The van der Waals surface area contributed by atoms with E-state index in [-0.39, 0.29) is 12.1 Å². The summed E-state index contributed by atoms with van der Waals surface area (Å²) in [5.74, 6) is -1.49. The molecular formula is C15H11FN2O3. The molecule has 3 aromatic rings. The number of carbonyl (C=O) groups is 1. The lowest BCUT2D eigenvalue weighted by molar-refractivity contribution is 0.0697. The summed E-state index contributed by atoms with van der Waals surface area (Å²) >= 11 is 0. The number of aromatic nitrogens is 2. The van der Waals surface area contributed by atoms with Gasteiger partial charge in [0.25, 0.3) is 0 Å². The SMILES string of the molecule is O=C(O)c1ccc2[nH]c(=O)n(Cc3ccccc3F)c2c1. The lowest BCUT2D eigenvalue weighted by Crippen LogP contribution is -2.18. The van der Waals surface area contributed by atoms with Crippen LogP contribution in [0, 0.1) is 5.82 Å². The number of halogens is 1. The van der Waals surface area contributed by atoms with E-state index in [1.165, 1.54) is 28.8 Å². The molecule has 0 radical (unpaired) electrons. The normalized spacial score (nSPS) is 10.9. The van der Waals surface area contributed by atoms with Crippen molar-refractivity contribution in [3.8, 4) is 0 Å². The van der Waals surface area contributed by atoms with Gasteiger partial charge in [0.2, 0.25) is 0 Å². The number of H-pyrrole nitrogens is 1. The van der Waals surface area contributed by atoms with Gasteiger partial charge in [0.1, 0.15) is 5.82 Å². The van der Waals surface area contributed by atoms with Gasteiger partial charge in [-0.15, -0.1) is 0 Å². The minimum absolute atomic E-state index is 0.0363. The average Bonchev–Trinajstić information content (AvgIpc) is 2.76. The number of benzene rings is 2. The lowest BCUT2D eigenvalue weighted by Gasteiger charge is -2.05. The summed E-state index contributed by atoms with van der Waals surface area (Å²) in [6.07, 6.45) is 0. The third-order valence-electron chi connectivity index (χ3n) is 3.31. The maximum atomic E-state index is 13.7. The van der Waals surface area contributed by atoms with Gasteiger partial charge in [-0.1, -0.05) is 18.2 Å². The molecule has 21 heavy (non-hydrogen) atoms. The van der Waals surface area contributed by atoms with Gasteiger partial charge >= 0.3 is 11.7 Å². The first kappa shape index (κ1) is 13.1. The second kappa shape index (κ2) is 4.90. The van der Waals surface area contributed by atoms with Crippen LogP contribution in [0.15, 0.2) is 47.3 Å². The Morgan fingerprint density at radius 2 is 2.00 bits per heavy atom. The smallest absolute Gasteiger partial charge is 0.335 e. The molecule has 2 aromatic carbocycles. The number of hydrogen-bond donors (Lipinski definition) is 2. The second-order valence-electron chi connectivity index (χ2n) is 4.64. The number of imidazole rings is 1. The molecule has 106 valence electrons. The first-order valence-electron chi connectivity index (χ1n) is 6.25. The summed E-state index contributed by atoms with van der Waals surface area (Å²) < 4.78 is 15.0. The number of rotatable bonds is 3. The summed E-state index contributed by atoms with van der Waals surface area (Å²) in [5.41, 5.74) is 0.977. The molecule has 0 aliphatic carbocycles. The van der Waals surface area contributed by atoms with Crippen LogP contribution in [0.25, 0.3) is 11.0 Å². The summed E-state index contributed by atoms with van der Waals surface area (Å²) in [6, 6.07) is 10.5. The minimum atomic E-state index is -1.08. The summed E-state index contributed by atoms with van der Waals surface area (Å²) in [4.78, 5) is 25.6. The van der Waals surface area contributed by atoms with E-state index in [0.717, 1.165) is 0 Å². The van der Waals surface area contributed by atoms with Crippen LogP contribution in [0.1, 0.15) is 15.9 Å². The molecule has 3 rings (SSSR count). The predicted octanol–water partition coefficient (Wildman–Crippen LogP) is 2.22. The summed E-state index contributed by atoms with van der Waals surface area (Å²) in [7, 11) is 0. The third kappa shape index (κ3) is 2.31. The second-order valence-corrected chi connectivity index (χ2v) is 4.64. The van der Waals surface area contributed by atoms with Crippen molar-refractivity contribution < 1.29 is 14.3 Å². The molecule has 0 aliphatic rings. The Morgan fingerprint density at radius 3 is 2.71 bits per heavy atom. The van der Waals surface area contributed by atoms with Crippen molar-refractivity contribution in [3.05, 3.63) is 69.9 Å². The van der Waals surface area contributed by atoms with E-state index in [1.54, 1.807) is 18.2 Å². The Kier molecular flexibility index (Phi) is 3.06. The Labute approximate surface area is 118 Å². The van der Waals surface area contributed by atoms with Crippen LogP contribution in [0.4, 0.5) is 4.39 Å². The van der Waals surface area contributed by atoms with Gasteiger partial charge in [-0.3, -0.25) is 4.57 Å². The molecule has 0 fully saturated rings. The largest absolute Gasteiger partial charge is 0.478 e. The van der Waals surface area contributed by atoms with Crippen molar-refractivity contribution in [3.63, 3.8) is 0 Å². The molecule has 0 atom stereocenters. The zero-order valence-corrected chi connectivity index (χ0v) is 10.8. The van der Waals surface area contributed by atoms with Crippen LogP contribution >= 0.6 is 0 Å². The molecule has 2 N–H and O–H groups in total. The fraction of sp³-hybridized carbons (Fsp3) is 0.0667. The molecule has 0 amide bonds. The van der Waals surface area contributed by atoms with Crippen LogP contribution in [0.2, 0.25) is 0 Å². The van der Waals surface area contributed by atoms with E-state index in [0.29, 0.717) is 16.6 Å². The van der Waals surface area contributed by atoms with Gasteiger partial charge in [0.05, 0.1) is 23.1 Å². The Hall–Kier alpha value is -2.89. The van der Waals surface area contributed by atoms with Crippen molar-refractivity contribution in [1.29, 1.82) is 0 Å². The number of nitrogens with one attached hydrogen (secondary N) is 1. The van der Waals surface area contributed by atoms with E-state index in [1.807, 2.05) is 0 Å². The fourth-order valence-corrected chi connectivity index (χ4v) is 2.24. The summed E-state index contributed by atoms with van der Waals surface area (Å²) in [6.45, 7) is 0.0363. The molecule has 0 unspecified atom stereocenters. The van der Waals surface area contributed by atoms with Crippen molar-refractivity contribution in [2.24, 2.45) is 0 Å². The average molecular weight is 286 g/mol. The van der Waals surface area contributed by atoms with E-state index >= 15 is 0 Å². The molecule has 6 heteroatoms. The molecule has 1 heterocycles. The number of aromatic carboxylic acids is 1. The van der Waals surface area contributed by atoms with E-state index < -0.39 is 17.5 Å². The quantitative estimate of drug-likeness (QED) is 0.775. The molecule has 1 aromatic heterocycles. The molecular weight excluding hydrogens is 275 g/mol. The molecule has 5 nitrogen and oxygen atoms in total. The Balaban J connectivity index is 2.15. The van der Waals surface area contributed by atoms with Gasteiger partial charge in [-0.25, -0.2) is 14.0 Å². The zero-order chi connectivity index (χ0) is 15.0. The first-order valence-corrected chi connectivity index (χ1v) is 6.25. The highest BCUT2D eigenvalue weighted by Gasteiger charge is 2.12. The van der Waals surface area contributed by atoms with Gasteiger partial charge in [0, 0.05) is 5.56 Å². The molecule has 0 aliphatic heterocycles. The van der Waals surface area contributed by atoms with Crippen molar-refractivity contribution in [2.45, 2.75) is 6.54 Å². The number of carboxylic acids is 1. The van der Waals surface area contributed by atoms with Crippen molar-refractivity contribution >= 4 is 17.0 Å². The molecule has 0 saturated carbocycles. The highest BCUT2D eigenvalue weighted by molar-refractivity contribution is 5.92. The standard InChI is InChI=1S/C15H11FN2O3/c16-11-4-2-1-3-10(11)8-18-13-7-9(14(19)20)5-6-12(13)17-15(18)21/h1-7H,8H2,(H,17,21)(H,19,20). The first-order chi connectivity index (χ1) is 10.1. The van der Waals surface area contributed by atoms with Crippen LogP contribution in [-0.4, -0.2) is 20.6 Å². The van der Waals surface area contributed by atoms with Gasteiger partial charge < -0.3 is 10.1 Å². The highest BCUT2D eigenvalue weighted by atomic mass is 19.1. The van der Waals surface area contributed by atoms with Crippen molar-refractivity contribution in [1.82, 2.24) is 9.55 Å². The van der Waals surface area contributed by atoms with Gasteiger partial charge in [-0.05, 0) is 24.3 Å². The third-order valence-corrected chi connectivity index (χ3v) is 3.31. The number of aromatic amines is 1. The number of nitrogens with zero attached hydrogens (tertiary/aromatic N) is 1. The van der Waals surface area contributed by atoms with E-state index in [4.69, 9.17) is 5.11 Å². The molecule has 0 saturated heterocycles. The number of carboxylic acid groups (broad SMARTS) is 1. The topological polar surface area (TPSA) is 75.1 Å². The Bertz CT molecular complexity index is 895. The molecule has 0 spiro atoms.